The number of hydrogen-bond acceptors (Lipinski definition) is 2. The molecular weight excluding hydrogens is 262 g/mol. The van der Waals surface area contributed by atoms with Crippen molar-refractivity contribution in [3.63, 3.8) is 0 Å². The number of nitrogens with one attached hydrogen (secondary N) is 1. The SMILES string of the molecule is Cc1[nH]c2ccc3c(c2c1C)COc1ccccc1C3=O. The van der Waals surface area contributed by atoms with E-state index >= 15 is 0 Å². The predicted octanol–water partition coefficient (Wildman–Crippen LogP) is 3.91. The second-order valence-corrected chi connectivity index (χ2v) is 5.50. The predicted molar refractivity (Wildman–Crippen MR) is 82.0 cm³/mol. The molecule has 0 atom stereocenters. The van der Waals surface area contributed by atoms with Crippen LogP contribution in [-0.2, 0) is 6.61 Å². The molecule has 1 aromatic heterocycles. The first kappa shape index (κ1) is 12.2. The Morgan fingerprint density at radius 2 is 1.86 bits per heavy atom. The largest absolute Gasteiger partial charge is 0.488 e. The molecule has 0 unspecified atom stereocenters. The highest BCUT2D eigenvalue weighted by atomic mass is 16.5. The highest BCUT2D eigenvalue weighted by Crippen LogP contribution is 2.34. The molecule has 1 aliphatic rings. The lowest BCUT2D eigenvalue weighted by molar-refractivity contribution is 0.103. The summed E-state index contributed by atoms with van der Waals surface area (Å²) in [4.78, 5) is 16.2. The minimum Gasteiger partial charge on any atom is -0.488 e. The van der Waals surface area contributed by atoms with Crippen LogP contribution >= 0.6 is 0 Å². The summed E-state index contributed by atoms with van der Waals surface area (Å²) >= 11 is 0. The summed E-state index contributed by atoms with van der Waals surface area (Å²) < 4.78 is 5.88. The van der Waals surface area contributed by atoms with Crippen LogP contribution in [0.3, 0.4) is 0 Å². The number of para-hydroxylation sites is 1. The molecule has 21 heavy (non-hydrogen) atoms. The van der Waals surface area contributed by atoms with Crippen molar-refractivity contribution in [1.29, 1.82) is 0 Å². The Balaban J connectivity index is 2.04. The molecule has 0 aliphatic carbocycles. The lowest BCUT2D eigenvalue weighted by atomic mass is 9.95. The molecule has 2 aromatic carbocycles. The topological polar surface area (TPSA) is 42.1 Å². The van der Waals surface area contributed by atoms with Gasteiger partial charge >= 0.3 is 0 Å². The number of carbonyl (C=O) groups excluding carboxylic acids is 1. The quantitative estimate of drug-likeness (QED) is 0.677. The molecule has 0 saturated carbocycles. The molecule has 0 fully saturated rings. The van der Waals surface area contributed by atoms with Gasteiger partial charge in [-0.3, -0.25) is 4.79 Å². The van der Waals surface area contributed by atoms with E-state index in [1.165, 1.54) is 5.56 Å². The lowest BCUT2D eigenvalue weighted by Crippen LogP contribution is -2.03. The van der Waals surface area contributed by atoms with Crippen LogP contribution in [0.4, 0.5) is 0 Å². The van der Waals surface area contributed by atoms with Gasteiger partial charge in [-0.25, -0.2) is 0 Å². The number of hydrogen-bond donors (Lipinski definition) is 1. The van der Waals surface area contributed by atoms with Gasteiger partial charge in [0.05, 0.1) is 5.56 Å². The number of ketones is 1. The van der Waals surface area contributed by atoms with Crippen molar-refractivity contribution < 1.29 is 9.53 Å². The minimum atomic E-state index is 0.0400. The van der Waals surface area contributed by atoms with Gasteiger partial charge in [0.15, 0.2) is 5.78 Å². The van der Waals surface area contributed by atoms with Crippen LogP contribution in [0.5, 0.6) is 5.75 Å². The number of H-pyrrole nitrogens is 1. The minimum absolute atomic E-state index is 0.0400. The number of benzene rings is 2. The summed E-state index contributed by atoms with van der Waals surface area (Å²) in [5.74, 6) is 0.704. The van der Waals surface area contributed by atoms with E-state index in [1.807, 2.05) is 36.4 Å². The van der Waals surface area contributed by atoms with E-state index in [4.69, 9.17) is 4.74 Å². The zero-order chi connectivity index (χ0) is 14.6. The van der Waals surface area contributed by atoms with Gasteiger partial charge in [0.2, 0.25) is 0 Å². The Morgan fingerprint density at radius 3 is 2.71 bits per heavy atom. The first-order chi connectivity index (χ1) is 10.2. The Kier molecular flexibility index (Phi) is 2.45. The second kappa shape index (κ2) is 4.22. The highest BCUT2D eigenvalue weighted by Gasteiger charge is 2.24. The van der Waals surface area contributed by atoms with Crippen molar-refractivity contribution >= 4 is 16.7 Å². The molecule has 3 heteroatoms. The second-order valence-electron chi connectivity index (χ2n) is 5.50. The maximum Gasteiger partial charge on any atom is 0.197 e. The van der Waals surface area contributed by atoms with Crippen molar-refractivity contribution in [2.24, 2.45) is 0 Å². The molecule has 104 valence electrons. The fraction of sp³-hybridized carbons (Fsp3) is 0.167. The molecule has 3 nitrogen and oxygen atoms in total. The maximum absolute atomic E-state index is 12.8. The summed E-state index contributed by atoms with van der Waals surface area (Å²) in [6, 6.07) is 11.3. The smallest absolute Gasteiger partial charge is 0.197 e. The molecule has 1 N–H and O–H groups in total. The molecule has 3 aromatic rings. The van der Waals surface area contributed by atoms with Crippen LogP contribution in [0.1, 0.15) is 32.7 Å². The number of ether oxygens (including phenoxy) is 1. The average molecular weight is 277 g/mol. The molecule has 0 saturated heterocycles. The van der Waals surface area contributed by atoms with Gasteiger partial charge in [0.1, 0.15) is 12.4 Å². The van der Waals surface area contributed by atoms with E-state index in [2.05, 4.69) is 18.8 Å². The molecule has 0 radical (unpaired) electrons. The fourth-order valence-electron chi connectivity index (χ4n) is 3.10. The maximum atomic E-state index is 12.8. The van der Waals surface area contributed by atoms with Crippen LogP contribution in [0.2, 0.25) is 0 Å². The van der Waals surface area contributed by atoms with Gasteiger partial charge in [-0.15, -0.1) is 0 Å². The molecule has 1 aliphatic heterocycles. The van der Waals surface area contributed by atoms with Crippen LogP contribution in [0.15, 0.2) is 36.4 Å². The Morgan fingerprint density at radius 1 is 1.05 bits per heavy atom. The monoisotopic (exact) mass is 277 g/mol. The van der Waals surface area contributed by atoms with Crippen molar-refractivity contribution in [1.82, 2.24) is 4.98 Å². The Hall–Kier alpha value is -2.55. The Labute approximate surface area is 122 Å². The molecule has 0 bridgehead atoms. The average Bonchev–Trinajstić information content (AvgIpc) is 2.71. The number of carbonyl (C=O) groups is 1. The van der Waals surface area contributed by atoms with Gasteiger partial charge in [-0.05, 0) is 43.7 Å². The van der Waals surface area contributed by atoms with E-state index in [-0.39, 0.29) is 5.78 Å². The number of aromatic nitrogens is 1. The van der Waals surface area contributed by atoms with Crippen molar-refractivity contribution in [3.8, 4) is 5.75 Å². The zero-order valence-electron chi connectivity index (χ0n) is 12.0. The van der Waals surface area contributed by atoms with Crippen LogP contribution in [-0.4, -0.2) is 10.8 Å². The van der Waals surface area contributed by atoms with Crippen molar-refractivity contribution in [2.75, 3.05) is 0 Å². The normalized spacial score (nSPS) is 13.5. The third-order valence-corrected chi connectivity index (χ3v) is 4.32. The van der Waals surface area contributed by atoms with E-state index in [0.717, 1.165) is 27.7 Å². The number of fused-ring (bicyclic) bond motifs is 4. The third-order valence-electron chi connectivity index (χ3n) is 4.32. The number of rotatable bonds is 0. The lowest BCUT2D eigenvalue weighted by Gasteiger charge is -2.07. The van der Waals surface area contributed by atoms with E-state index in [1.54, 1.807) is 0 Å². The molecular formula is C18H15NO2. The van der Waals surface area contributed by atoms with Crippen molar-refractivity contribution in [2.45, 2.75) is 20.5 Å². The zero-order valence-corrected chi connectivity index (χ0v) is 12.0. The standard InChI is InChI=1S/C18H15NO2/c1-10-11(2)19-15-8-7-12-14(17(10)15)9-21-16-6-4-3-5-13(16)18(12)20/h3-8,19H,9H2,1-2H3. The van der Waals surface area contributed by atoms with Gasteiger partial charge in [-0.1, -0.05) is 12.1 Å². The van der Waals surface area contributed by atoms with Gasteiger partial charge in [-0.2, -0.15) is 0 Å². The Bertz CT molecular complexity index is 890. The first-order valence-electron chi connectivity index (χ1n) is 7.04. The van der Waals surface area contributed by atoms with E-state index < -0.39 is 0 Å². The fourth-order valence-corrected chi connectivity index (χ4v) is 3.10. The van der Waals surface area contributed by atoms with Crippen LogP contribution < -0.4 is 4.74 Å². The third kappa shape index (κ3) is 1.64. The molecule has 0 amide bonds. The first-order valence-corrected chi connectivity index (χ1v) is 7.04. The van der Waals surface area contributed by atoms with Crippen LogP contribution in [0, 0.1) is 13.8 Å². The van der Waals surface area contributed by atoms with E-state index in [9.17, 15) is 4.79 Å². The van der Waals surface area contributed by atoms with Gasteiger partial charge in [0, 0.05) is 27.7 Å². The van der Waals surface area contributed by atoms with E-state index in [0.29, 0.717) is 17.9 Å². The molecule has 4 rings (SSSR count). The van der Waals surface area contributed by atoms with Gasteiger partial charge in [0.25, 0.3) is 0 Å². The summed E-state index contributed by atoms with van der Waals surface area (Å²) in [6.45, 7) is 4.56. The number of aryl methyl sites for hydroxylation is 2. The highest BCUT2D eigenvalue weighted by molar-refractivity contribution is 6.14. The van der Waals surface area contributed by atoms with Gasteiger partial charge < -0.3 is 9.72 Å². The summed E-state index contributed by atoms with van der Waals surface area (Å²) in [7, 11) is 0. The molecule has 0 spiro atoms. The van der Waals surface area contributed by atoms with Crippen LogP contribution in [0.25, 0.3) is 10.9 Å². The van der Waals surface area contributed by atoms with Crippen molar-refractivity contribution in [3.05, 3.63) is 64.3 Å². The summed E-state index contributed by atoms with van der Waals surface area (Å²) in [5.41, 5.74) is 5.74. The number of aromatic amines is 1. The summed E-state index contributed by atoms with van der Waals surface area (Å²) in [6.07, 6.45) is 0. The molecule has 2 heterocycles. The summed E-state index contributed by atoms with van der Waals surface area (Å²) in [5, 5.41) is 1.12.